The Hall–Kier alpha value is -3.08. The summed E-state index contributed by atoms with van der Waals surface area (Å²) in [6.07, 6.45) is 7.32. The van der Waals surface area contributed by atoms with E-state index in [0.717, 1.165) is 34.8 Å². The van der Waals surface area contributed by atoms with Gasteiger partial charge in [-0.05, 0) is 53.8 Å². The summed E-state index contributed by atoms with van der Waals surface area (Å²) < 4.78 is 27.0. The normalized spacial score (nSPS) is 11.2. The van der Waals surface area contributed by atoms with Crippen LogP contribution in [-0.2, 0) is 19.3 Å². The van der Waals surface area contributed by atoms with Crippen LogP contribution in [0.1, 0.15) is 22.4 Å². The van der Waals surface area contributed by atoms with Gasteiger partial charge in [0, 0.05) is 36.1 Å². The molecule has 0 saturated carbocycles. The Bertz CT molecular complexity index is 1040. The Morgan fingerprint density at radius 3 is 2.65 bits per heavy atom. The van der Waals surface area contributed by atoms with Gasteiger partial charge in [-0.1, -0.05) is 18.2 Å². The zero-order chi connectivity index (χ0) is 17.9. The van der Waals surface area contributed by atoms with Gasteiger partial charge in [-0.25, -0.2) is 13.8 Å². The summed E-state index contributed by atoms with van der Waals surface area (Å²) in [7, 11) is 0. The van der Waals surface area contributed by atoms with Gasteiger partial charge in [-0.15, -0.1) is 0 Å². The third-order valence-electron chi connectivity index (χ3n) is 4.50. The van der Waals surface area contributed by atoms with Crippen LogP contribution in [0.3, 0.4) is 0 Å². The van der Waals surface area contributed by atoms with Gasteiger partial charge in [0.25, 0.3) is 0 Å². The molecular formula is C21H17F2N3. The van der Waals surface area contributed by atoms with Crippen molar-refractivity contribution in [2.45, 2.75) is 19.3 Å². The fourth-order valence-electron chi connectivity index (χ4n) is 3.09. The zero-order valence-electron chi connectivity index (χ0n) is 14.0. The van der Waals surface area contributed by atoms with E-state index in [1.165, 1.54) is 11.6 Å². The molecule has 26 heavy (non-hydrogen) atoms. The first kappa shape index (κ1) is 16.4. The number of rotatable bonds is 5. The molecule has 0 aliphatic heterocycles. The molecule has 0 radical (unpaired) electrons. The Morgan fingerprint density at radius 2 is 1.81 bits per heavy atom. The van der Waals surface area contributed by atoms with Crippen LogP contribution in [0.15, 0.2) is 61.1 Å². The van der Waals surface area contributed by atoms with Crippen molar-refractivity contribution in [3.63, 3.8) is 0 Å². The van der Waals surface area contributed by atoms with Gasteiger partial charge >= 0.3 is 0 Å². The quantitative estimate of drug-likeness (QED) is 0.571. The number of nitrogens with one attached hydrogen (secondary N) is 1. The van der Waals surface area contributed by atoms with Crippen molar-refractivity contribution in [1.82, 2.24) is 15.0 Å². The predicted molar refractivity (Wildman–Crippen MR) is 96.9 cm³/mol. The van der Waals surface area contributed by atoms with Crippen LogP contribution in [0.5, 0.6) is 0 Å². The van der Waals surface area contributed by atoms with Crippen LogP contribution in [0.4, 0.5) is 8.78 Å². The summed E-state index contributed by atoms with van der Waals surface area (Å²) in [6.45, 7) is 0. The van der Waals surface area contributed by atoms with E-state index < -0.39 is 11.6 Å². The minimum atomic E-state index is -0.806. The van der Waals surface area contributed by atoms with E-state index in [2.05, 4.69) is 15.0 Å². The van der Waals surface area contributed by atoms with Gasteiger partial charge in [0.2, 0.25) is 0 Å². The molecule has 0 atom stereocenters. The van der Waals surface area contributed by atoms with Gasteiger partial charge in [0.15, 0.2) is 11.6 Å². The second kappa shape index (κ2) is 7.04. The second-order valence-corrected chi connectivity index (χ2v) is 6.26. The number of benzene rings is 1. The lowest BCUT2D eigenvalue weighted by molar-refractivity contribution is 0.498. The van der Waals surface area contributed by atoms with Gasteiger partial charge in [0.1, 0.15) is 5.65 Å². The summed E-state index contributed by atoms with van der Waals surface area (Å²) in [5.41, 5.74) is 4.38. The fourth-order valence-corrected chi connectivity index (χ4v) is 3.09. The smallest absolute Gasteiger partial charge is 0.162 e. The highest BCUT2D eigenvalue weighted by Gasteiger charge is 2.09. The minimum Gasteiger partial charge on any atom is -0.346 e. The molecule has 0 unspecified atom stereocenters. The highest BCUT2D eigenvalue weighted by atomic mass is 19.2. The molecule has 0 saturated heterocycles. The van der Waals surface area contributed by atoms with Crippen LogP contribution in [0.25, 0.3) is 11.0 Å². The molecule has 130 valence electrons. The molecule has 0 aliphatic rings. The van der Waals surface area contributed by atoms with Gasteiger partial charge < -0.3 is 4.98 Å². The van der Waals surface area contributed by atoms with E-state index in [4.69, 9.17) is 0 Å². The molecule has 3 heterocycles. The highest BCUT2D eigenvalue weighted by Crippen LogP contribution is 2.19. The molecule has 0 amide bonds. The number of nitrogens with zero attached hydrogens (tertiary/aromatic N) is 2. The third kappa shape index (κ3) is 3.33. The summed E-state index contributed by atoms with van der Waals surface area (Å²) >= 11 is 0. The third-order valence-corrected chi connectivity index (χ3v) is 4.50. The lowest BCUT2D eigenvalue weighted by Gasteiger charge is -2.05. The molecule has 0 bridgehead atoms. The lowest BCUT2D eigenvalue weighted by Crippen LogP contribution is -1.99. The topological polar surface area (TPSA) is 41.6 Å². The summed E-state index contributed by atoms with van der Waals surface area (Å²) in [6, 6.07) is 12.2. The average Bonchev–Trinajstić information content (AvgIpc) is 3.07. The van der Waals surface area contributed by atoms with E-state index in [-0.39, 0.29) is 0 Å². The predicted octanol–water partition coefficient (Wildman–Crippen LogP) is 4.61. The van der Waals surface area contributed by atoms with E-state index in [0.29, 0.717) is 18.4 Å². The number of H-pyrrole nitrogens is 1. The summed E-state index contributed by atoms with van der Waals surface area (Å²) in [4.78, 5) is 11.9. The molecule has 4 aromatic rings. The van der Waals surface area contributed by atoms with Crippen LogP contribution in [0.2, 0.25) is 0 Å². The molecule has 1 N–H and O–H groups in total. The minimum absolute atomic E-state index is 0.377. The summed E-state index contributed by atoms with van der Waals surface area (Å²) in [5, 5.41) is 1.11. The number of hydrogen-bond acceptors (Lipinski definition) is 2. The maximum absolute atomic E-state index is 13.7. The molecular weight excluding hydrogens is 332 g/mol. The number of aromatic nitrogens is 3. The van der Waals surface area contributed by atoms with E-state index in [1.807, 2.05) is 36.7 Å². The number of fused-ring (bicyclic) bond motifs is 1. The van der Waals surface area contributed by atoms with Crippen LogP contribution in [0, 0.1) is 11.6 Å². The zero-order valence-corrected chi connectivity index (χ0v) is 14.0. The number of aryl methyl sites for hydroxylation is 2. The Labute approximate surface area is 149 Å². The number of pyridine rings is 2. The highest BCUT2D eigenvalue weighted by molar-refractivity contribution is 5.79. The maximum atomic E-state index is 13.7. The molecule has 0 fully saturated rings. The fraction of sp³-hybridized carbons (Fsp3) is 0.143. The number of halogens is 2. The first-order valence-electron chi connectivity index (χ1n) is 8.48. The molecule has 3 aromatic heterocycles. The average molecular weight is 349 g/mol. The summed E-state index contributed by atoms with van der Waals surface area (Å²) in [5.74, 6) is -1.57. The lowest BCUT2D eigenvalue weighted by atomic mass is 10.0. The Morgan fingerprint density at radius 1 is 0.885 bits per heavy atom. The standard InChI is InChI=1S/C21H17F2N3/c22-19-5-1-3-15(20(19)23)7-9-17-8-6-14(12-25-17)11-16-13-26-21-18(16)4-2-10-24-21/h1-6,8,10,12-13H,7,9,11H2,(H,24,26). The molecule has 5 heteroatoms. The van der Waals surface area contributed by atoms with Crippen molar-refractivity contribution in [3.05, 3.63) is 95.1 Å². The molecule has 0 aliphatic carbocycles. The van der Waals surface area contributed by atoms with Crippen LogP contribution < -0.4 is 0 Å². The van der Waals surface area contributed by atoms with Crippen molar-refractivity contribution in [2.75, 3.05) is 0 Å². The molecule has 4 rings (SSSR count). The van der Waals surface area contributed by atoms with Crippen molar-refractivity contribution < 1.29 is 8.78 Å². The number of aromatic amines is 1. The van der Waals surface area contributed by atoms with Crippen molar-refractivity contribution >= 4 is 11.0 Å². The molecule has 1 aromatic carbocycles. The largest absolute Gasteiger partial charge is 0.346 e. The van der Waals surface area contributed by atoms with E-state index >= 15 is 0 Å². The van der Waals surface area contributed by atoms with Gasteiger partial charge in [-0.2, -0.15) is 0 Å². The number of hydrogen-bond donors (Lipinski definition) is 1. The first-order chi connectivity index (χ1) is 12.7. The van der Waals surface area contributed by atoms with Gasteiger partial charge in [0.05, 0.1) is 0 Å². The van der Waals surface area contributed by atoms with Crippen molar-refractivity contribution in [1.29, 1.82) is 0 Å². The Balaban J connectivity index is 1.44. The SMILES string of the molecule is Fc1cccc(CCc2ccc(Cc3c[nH]c4ncccc34)cn2)c1F. The maximum Gasteiger partial charge on any atom is 0.162 e. The monoisotopic (exact) mass is 349 g/mol. The first-order valence-corrected chi connectivity index (χ1v) is 8.48. The van der Waals surface area contributed by atoms with Gasteiger partial charge in [-0.3, -0.25) is 4.98 Å². The van der Waals surface area contributed by atoms with Crippen molar-refractivity contribution in [2.24, 2.45) is 0 Å². The van der Waals surface area contributed by atoms with E-state index in [1.54, 1.807) is 12.3 Å². The van der Waals surface area contributed by atoms with Crippen molar-refractivity contribution in [3.8, 4) is 0 Å². The van der Waals surface area contributed by atoms with E-state index in [9.17, 15) is 8.78 Å². The Kier molecular flexibility index (Phi) is 4.44. The molecule has 3 nitrogen and oxygen atoms in total. The second-order valence-electron chi connectivity index (χ2n) is 6.26. The van der Waals surface area contributed by atoms with Crippen LogP contribution >= 0.6 is 0 Å². The van der Waals surface area contributed by atoms with Crippen LogP contribution in [-0.4, -0.2) is 15.0 Å². The molecule has 0 spiro atoms.